The first kappa shape index (κ1) is 16.2. The minimum absolute atomic E-state index is 0.0857. The van der Waals surface area contributed by atoms with Crippen LogP contribution in [0.1, 0.15) is 24.5 Å². The van der Waals surface area contributed by atoms with Crippen molar-refractivity contribution in [3.05, 3.63) is 83.9 Å². The summed E-state index contributed by atoms with van der Waals surface area (Å²) in [4.78, 5) is 23.8. The Morgan fingerprint density at radius 3 is 2.21 bits per heavy atom. The summed E-state index contributed by atoms with van der Waals surface area (Å²) in [6.07, 6.45) is 4.28. The molecular formula is C21H20O3. The van der Waals surface area contributed by atoms with E-state index in [1.165, 1.54) is 6.08 Å². The van der Waals surface area contributed by atoms with Crippen LogP contribution < -0.4 is 0 Å². The fraction of sp³-hybridized carbons (Fsp3) is 0.238. The maximum Gasteiger partial charge on any atom is 0.331 e. The molecule has 0 aliphatic carbocycles. The van der Waals surface area contributed by atoms with Gasteiger partial charge in [-0.05, 0) is 30.5 Å². The van der Waals surface area contributed by atoms with Gasteiger partial charge in [-0.25, -0.2) is 4.79 Å². The molecular weight excluding hydrogens is 300 g/mol. The van der Waals surface area contributed by atoms with Gasteiger partial charge in [0.15, 0.2) is 5.60 Å². The third-order valence-corrected chi connectivity index (χ3v) is 4.43. The molecule has 0 aromatic heterocycles. The lowest BCUT2D eigenvalue weighted by molar-refractivity contribution is -0.152. The molecule has 3 heteroatoms. The Balaban J connectivity index is 2.03. The van der Waals surface area contributed by atoms with Crippen LogP contribution in [0.5, 0.6) is 0 Å². The fourth-order valence-corrected chi connectivity index (χ4v) is 3.36. The summed E-state index contributed by atoms with van der Waals surface area (Å²) < 4.78 is 5.77. The molecule has 2 atom stereocenters. The van der Waals surface area contributed by atoms with Crippen molar-refractivity contribution in [2.75, 3.05) is 0 Å². The van der Waals surface area contributed by atoms with Crippen molar-refractivity contribution < 1.29 is 14.3 Å². The molecule has 122 valence electrons. The molecule has 0 bridgehead atoms. The highest BCUT2D eigenvalue weighted by molar-refractivity contribution is 5.86. The van der Waals surface area contributed by atoms with Crippen molar-refractivity contribution in [1.82, 2.24) is 0 Å². The summed E-state index contributed by atoms with van der Waals surface area (Å²) in [6.45, 7) is 1.58. The van der Waals surface area contributed by atoms with Crippen LogP contribution in [0.4, 0.5) is 0 Å². The summed E-state index contributed by atoms with van der Waals surface area (Å²) >= 11 is 0. The SMILES string of the molecule is CC(=O)C[C@H](Cc1ccccc1)[C@]1(c2ccccc2)C=CC(=O)O1. The number of carbonyl (C=O) groups excluding carboxylic acids is 2. The molecule has 2 aromatic rings. The quantitative estimate of drug-likeness (QED) is 0.760. The van der Waals surface area contributed by atoms with Gasteiger partial charge in [0, 0.05) is 18.4 Å². The monoisotopic (exact) mass is 320 g/mol. The lowest BCUT2D eigenvalue weighted by atomic mass is 9.75. The van der Waals surface area contributed by atoms with Gasteiger partial charge < -0.3 is 9.53 Å². The molecule has 0 unspecified atom stereocenters. The molecule has 0 fully saturated rings. The average molecular weight is 320 g/mol. The molecule has 1 aliphatic rings. The van der Waals surface area contributed by atoms with E-state index in [-0.39, 0.29) is 17.7 Å². The Bertz CT molecular complexity index is 749. The van der Waals surface area contributed by atoms with E-state index < -0.39 is 5.60 Å². The molecule has 2 aromatic carbocycles. The first-order valence-corrected chi connectivity index (χ1v) is 8.11. The number of ketones is 1. The van der Waals surface area contributed by atoms with Crippen LogP contribution >= 0.6 is 0 Å². The summed E-state index contributed by atoms with van der Waals surface area (Å²) in [5.41, 5.74) is 1.13. The minimum atomic E-state index is -0.889. The number of benzene rings is 2. The smallest absolute Gasteiger partial charge is 0.331 e. The topological polar surface area (TPSA) is 43.4 Å². The highest BCUT2D eigenvalue weighted by atomic mass is 16.6. The Morgan fingerprint density at radius 2 is 1.67 bits per heavy atom. The molecule has 3 rings (SSSR count). The summed E-state index contributed by atoms with van der Waals surface area (Å²) in [7, 11) is 0. The van der Waals surface area contributed by atoms with Gasteiger partial charge in [0.05, 0.1) is 0 Å². The maximum atomic E-state index is 11.9. The molecule has 0 N–H and O–H groups in total. The van der Waals surface area contributed by atoms with Crippen molar-refractivity contribution in [2.45, 2.75) is 25.4 Å². The second-order valence-corrected chi connectivity index (χ2v) is 6.21. The number of hydrogen-bond donors (Lipinski definition) is 0. The van der Waals surface area contributed by atoms with E-state index in [2.05, 4.69) is 0 Å². The van der Waals surface area contributed by atoms with Gasteiger partial charge in [-0.15, -0.1) is 0 Å². The zero-order chi connectivity index (χ0) is 17.0. The van der Waals surface area contributed by atoms with E-state index in [9.17, 15) is 9.59 Å². The molecule has 1 heterocycles. The molecule has 0 saturated heterocycles. The Morgan fingerprint density at radius 1 is 1.04 bits per heavy atom. The predicted molar refractivity (Wildman–Crippen MR) is 92.3 cm³/mol. The molecule has 1 aliphatic heterocycles. The molecule has 3 nitrogen and oxygen atoms in total. The number of cyclic esters (lactones) is 1. The zero-order valence-corrected chi connectivity index (χ0v) is 13.6. The van der Waals surface area contributed by atoms with Crippen LogP contribution in [0, 0.1) is 5.92 Å². The van der Waals surface area contributed by atoms with Gasteiger partial charge in [-0.1, -0.05) is 60.7 Å². The third-order valence-electron chi connectivity index (χ3n) is 4.43. The van der Waals surface area contributed by atoms with E-state index in [1.807, 2.05) is 60.7 Å². The lowest BCUT2D eigenvalue weighted by Gasteiger charge is -2.35. The highest BCUT2D eigenvalue weighted by Gasteiger charge is 2.45. The first-order chi connectivity index (χ1) is 11.6. The fourth-order valence-electron chi connectivity index (χ4n) is 3.36. The van der Waals surface area contributed by atoms with Gasteiger partial charge in [-0.2, -0.15) is 0 Å². The van der Waals surface area contributed by atoms with E-state index >= 15 is 0 Å². The first-order valence-electron chi connectivity index (χ1n) is 8.11. The molecule has 0 amide bonds. The van der Waals surface area contributed by atoms with E-state index in [0.717, 1.165) is 11.1 Å². The second kappa shape index (κ2) is 6.83. The van der Waals surface area contributed by atoms with Gasteiger partial charge in [-0.3, -0.25) is 0 Å². The van der Waals surface area contributed by atoms with E-state index in [0.29, 0.717) is 12.8 Å². The van der Waals surface area contributed by atoms with Crippen molar-refractivity contribution in [1.29, 1.82) is 0 Å². The molecule has 0 saturated carbocycles. The van der Waals surface area contributed by atoms with Gasteiger partial charge in [0.2, 0.25) is 0 Å². The number of esters is 1. The normalized spacial score (nSPS) is 20.6. The largest absolute Gasteiger partial charge is 0.446 e. The van der Waals surface area contributed by atoms with E-state index in [4.69, 9.17) is 4.74 Å². The van der Waals surface area contributed by atoms with Crippen LogP contribution in [0.2, 0.25) is 0 Å². The highest BCUT2D eigenvalue weighted by Crippen LogP contribution is 2.42. The van der Waals surface area contributed by atoms with Crippen LogP contribution in [-0.4, -0.2) is 11.8 Å². The second-order valence-electron chi connectivity index (χ2n) is 6.21. The van der Waals surface area contributed by atoms with Gasteiger partial charge in [0.25, 0.3) is 0 Å². The Hall–Kier alpha value is -2.68. The van der Waals surface area contributed by atoms with Crippen LogP contribution in [0.15, 0.2) is 72.8 Å². The van der Waals surface area contributed by atoms with Gasteiger partial charge >= 0.3 is 5.97 Å². The average Bonchev–Trinajstić information content (AvgIpc) is 2.99. The minimum Gasteiger partial charge on any atom is -0.446 e. The summed E-state index contributed by atoms with van der Waals surface area (Å²) in [5.74, 6) is -0.425. The molecule has 0 radical (unpaired) electrons. The number of Topliss-reactive ketones (excluding diaryl/α,β-unsaturated/α-hetero) is 1. The van der Waals surface area contributed by atoms with Crippen molar-refractivity contribution in [3.63, 3.8) is 0 Å². The number of rotatable bonds is 6. The van der Waals surface area contributed by atoms with Crippen LogP contribution in [0.25, 0.3) is 0 Å². The standard InChI is InChI=1S/C21H20O3/c1-16(22)14-19(15-17-8-4-2-5-9-17)21(13-12-20(23)24-21)18-10-6-3-7-11-18/h2-13,19H,14-15H2,1H3/t19-,21-/m1/s1. The predicted octanol–water partition coefficient (Wildman–Crippen LogP) is 3.83. The van der Waals surface area contributed by atoms with Crippen LogP contribution in [-0.2, 0) is 26.3 Å². The van der Waals surface area contributed by atoms with Crippen molar-refractivity contribution in [2.24, 2.45) is 5.92 Å². The number of hydrogen-bond acceptors (Lipinski definition) is 3. The summed E-state index contributed by atoms with van der Waals surface area (Å²) in [6, 6.07) is 19.6. The summed E-state index contributed by atoms with van der Waals surface area (Å²) in [5, 5.41) is 0. The number of carbonyl (C=O) groups is 2. The number of ether oxygens (including phenoxy) is 1. The maximum absolute atomic E-state index is 11.9. The van der Waals surface area contributed by atoms with Crippen molar-refractivity contribution in [3.8, 4) is 0 Å². The third kappa shape index (κ3) is 3.30. The zero-order valence-electron chi connectivity index (χ0n) is 13.6. The Kier molecular flexibility index (Phi) is 4.61. The van der Waals surface area contributed by atoms with Gasteiger partial charge in [0.1, 0.15) is 5.78 Å². The van der Waals surface area contributed by atoms with E-state index in [1.54, 1.807) is 13.0 Å². The van der Waals surface area contributed by atoms with Crippen molar-refractivity contribution >= 4 is 11.8 Å². The van der Waals surface area contributed by atoms with Crippen LogP contribution in [0.3, 0.4) is 0 Å². The Labute approximate surface area is 142 Å². The molecule has 24 heavy (non-hydrogen) atoms. The lowest BCUT2D eigenvalue weighted by Crippen LogP contribution is -2.37. The molecule has 0 spiro atoms.